The lowest BCUT2D eigenvalue weighted by molar-refractivity contribution is 0.572. The summed E-state index contributed by atoms with van der Waals surface area (Å²) < 4.78 is 7.32. The Morgan fingerprint density at radius 2 is 2.00 bits per heavy atom. The van der Waals surface area contributed by atoms with Crippen molar-refractivity contribution in [3.8, 4) is 11.6 Å². The summed E-state index contributed by atoms with van der Waals surface area (Å²) in [5.41, 5.74) is 2.62. The predicted octanol–water partition coefficient (Wildman–Crippen LogP) is 3.68. The summed E-state index contributed by atoms with van der Waals surface area (Å²) >= 11 is 1.68. The molecule has 0 fully saturated rings. The molecule has 2 heterocycles. The van der Waals surface area contributed by atoms with E-state index in [2.05, 4.69) is 41.4 Å². The molecular formula is C15H15N3OS. The normalized spacial score (nSPS) is 10.9. The van der Waals surface area contributed by atoms with E-state index in [-0.39, 0.29) is 0 Å². The fourth-order valence-electron chi connectivity index (χ4n) is 1.98. The van der Waals surface area contributed by atoms with E-state index < -0.39 is 0 Å². The molecule has 3 aromatic rings. The molecule has 3 rings (SSSR count). The van der Waals surface area contributed by atoms with Crippen molar-refractivity contribution in [3.05, 3.63) is 53.8 Å². The summed E-state index contributed by atoms with van der Waals surface area (Å²) in [6.45, 7) is 2.13. The summed E-state index contributed by atoms with van der Waals surface area (Å²) in [4.78, 5) is 0. The zero-order valence-corrected chi connectivity index (χ0v) is 12.2. The first-order valence-electron chi connectivity index (χ1n) is 6.36. The second-order valence-electron chi connectivity index (χ2n) is 4.56. The molecular weight excluding hydrogens is 270 g/mol. The number of rotatable bonds is 4. The van der Waals surface area contributed by atoms with Crippen LogP contribution in [0.1, 0.15) is 11.1 Å². The average molecular weight is 285 g/mol. The third-order valence-electron chi connectivity index (χ3n) is 3.19. The first-order valence-corrected chi connectivity index (χ1v) is 7.35. The maximum absolute atomic E-state index is 5.36. The van der Waals surface area contributed by atoms with Gasteiger partial charge in [-0.1, -0.05) is 36.0 Å². The SMILES string of the molecule is Cc1ccccc1CSc1nnc(-c2ccco2)n1C. The van der Waals surface area contributed by atoms with Gasteiger partial charge in [0.25, 0.3) is 0 Å². The topological polar surface area (TPSA) is 43.9 Å². The second-order valence-corrected chi connectivity index (χ2v) is 5.50. The Balaban J connectivity index is 1.78. The van der Waals surface area contributed by atoms with Gasteiger partial charge in [-0.05, 0) is 30.2 Å². The van der Waals surface area contributed by atoms with E-state index in [0.29, 0.717) is 0 Å². The predicted molar refractivity (Wildman–Crippen MR) is 79.4 cm³/mol. The van der Waals surface area contributed by atoms with Gasteiger partial charge in [0.15, 0.2) is 16.7 Å². The zero-order chi connectivity index (χ0) is 13.9. The van der Waals surface area contributed by atoms with Crippen molar-refractivity contribution in [3.63, 3.8) is 0 Å². The fourth-order valence-corrected chi connectivity index (χ4v) is 2.96. The molecule has 0 atom stereocenters. The van der Waals surface area contributed by atoms with Crippen LogP contribution >= 0.6 is 11.8 Å². The molecule has 20 heavy (non-hydrogen) atoms. The molecule has 0 bridgehead atoms. The van der Waals surface area contributed by atoms with Crippen LogP contribution in [0.5, 0.6) is 0 Å². The van der Waals surface area contributed by atoms with Crippen molar-refractivity contribution in [2.45, 2.75) is 17.8 Å². The Bertz CT molecular complexity index is 704. The highest BCUT2D eigenvalue weighted by Crippen LogP contribution is 2.26. The molecule has 0 unspecified atom stereocenters. The highest BCUT2D eigenvalue weighted by molar-refractivity contribution is 7.98. The van der Waals surface area contributed by atoms with Crippen LogP contribution in [0.15, 0.2) is 52.2 Å². The van der Waals surface area contributed by atoms with Crippen LogP contribution in [0.25, 0.3) is 11.6 Å². The Morgan fingerprint density at radius 3 is 2.75 bits per heavy atom. The van der Waals surface area contributed by atoms with Crippen molar-refractivity contribution < 1.29 is 4.42 Å². The van der Waals surface area contributed by atoms with Crippen LogP contribution in [-0.4, -0.2) is 14.8 Å². The van der Waals surface area contributed by atoms with Gasteiger partial charge in [0.2, 0.25) is 0 Å². The largest absolute Gasteiger partial charge is 0.461 e. The molecule has 0 amide bonds. The summed E-state index contributed by atoms with van der Waals surface area (Å²) in [5, 5.41) is 9.31. The van der Waals surface area contributed by atoms with Gasteiger partial charge in [-0.3, -0.25) is 0 Å². The van der Waals surface area contributed by atoms with Gasteiger partial charge in [0.1, 0.15) is 0 Å². The first kappa shape index (κ1) is 13.0. The lowest BCUT2D eigenvalue weighted by Gasteiger charge is -2.05. The number of aromatic nitrogens is 3. The summed E-state index contributed by atoms with van der Waals surface area (Å²) in [5.74, 6) is 2.38. The quantitative estimate of drug-likeness (QED) is 0.686. The van der Waals surface area contributed by atoms with Crippen LogP contribution in [0.3, 0.4) is 0 Å². The standard InChI is InChI=1S/C15H15N3OS/c1-11-6-3-4-7-12(11)10-20-15-17-16-14(18(15)2)13-8-5-9-19-13/h3-9H,10H2,1-2H3. The van der Waals surface area contributed by atoms with Crippen LogP contribution in [-0.2, 0) is 12.8 Å². The number of benzene rings is 1. The van der Waals surface area contributed by atoms with E-state index in [4.69, 9.17) is 4.42 Å². The highest BCUT2D eigenvalue weighted by atomic mass is 32.2. The van der Waals surface area contributed by atoms with Crippen molar-refractivity contribution >= 4 is 11.8 Å². The zero-order valence-electron chi connectivity index (χ0n) is 11.4. The van der Waals surface area contributed by atoms with E-state index in [1.54, 1.807) is 18.0 Å². The molecule has 0 spiro atoms. The number of furan rings is 1. The Kier molecular flexibility index (Phi) is 3.60. The van der Waals surface area contributed by atoms with Crippen molar-refractivity contribution in [2.75, 3.05) is 0 Å². The monoisotopic (exact) mass is 285 g/mol. The molecule has 0 aliphatic heterocycles. The second kappa shape index (κ2) is 5.54. The molecule has 1 aromatic carbocycles. The molecule has 0 saturated carbocycles. The number of nitrogens with zero attached hydrogens (tertiary/aromatic N) is 3. The lowest BCUT2D eigenvalue weighted by atomic mass is 10.1. The minimum absolute atomic E-state index is 0.739. The lowest BCUT2D eigenvalue weighted by Crippen LogP contribution is -1.94. The van der Waals surface area contributed by atoms with Crippen molar-refractivity contribution in [1.82, 2.24) is 14.8 Å². The average Bonchev–Trinajstić information content (AvgIpc) is 3.08. The van der Waals surface area contributed by atoms with Crippen LogP contribution in [0.4, 0.5) is 0 Å². The van der Waals surface area contributed by atoms with Gasteiger partial charge in [0, 0.05) is 12.8 Å². The molecule has 5 heteroatoms. The van der Waals surface area contributed by atoms with Crippen molar-refractivity contribution in [2.24, 2.45) is 7.05 Å². The van der Waals surface area contributed by atoms with Gasteiger partial charge in [-0.2, -0.15) is 0 Å². The third-order valence-corrected chi connectivity index (χ3v) is 4.26. The molecule has 102 valence electrons. The van der Waals surface area contributed by atoms with Gasteiger partial charge in [-0.25, -0.2) is 0 Å². The number of aryl methyl sites for hydroxylation is 1. The molecule has 0 N–H and O–H groups in total. The Morgan fingerprint density at radius 1 is 1.15 bits per heavy atom. The van der Waals surface area contributed by atoms with Crippen molar-refractivity contribution in [1.29, 1.82) is 0 Å². The van der Waals surface area contributed by atoms with Gasteiger partial charge in [-0.15, -0.1) is 10.2 Å². The van der Waals surface area contributed by atoms with E-state index in [0.717, 1.165) is 22.5 Å². The van der Waals surface area contributed by atoms with Gasteiger partial charge >= 0.3 is 0 Å². The summed E-state index contributed by atoms with van der Waals surface area (Å²) in [6, 6.07) is 12.1. The Labute approximate surface area is 121 Å². The first-order chi connectivity index (χ1) is 9.75. The minimum atomic E-state index is 0.739. The van der Waals surface area contributed by atoms with Crippen LogP contribution in [0, 0.1) is 6.92 Å². The van der Waals surface area contributed by atoms with Crippen LogP contribution < -0.4 is 0 Å². The molecule has 2 aromatic heterocycles. The molecule has 4 nitrogen and oxygen atoms in total. The summed E-state index contributed by atoms with van der Waals surface area (Å²) in [7, 11) is 1.96. The van der Waals surface area contributed by atoms with Gasteiger partial charge < -0.3 is 8.98 Å². The smallest absolute Gasteiger partial charge is 0.200 e. The summed E-state index contributed by atoms with van der Waals surface area (Å²) in [6.07, 6.45) is 1.64. The molecule has 0 radical (unpaired) electrons. The molecule has 0 saturated heterocycles. The fraction of sp³-hybridized carbons (Fsp3) is 0.200. The van der Waals surface area contributed by atoms with E-state index >= 15 is 0 Å². The maximum atomic E-state index is 5.36. The molecule has 0 aliphatic carbocycles. The molecule has 0 aliphatic rings. The third kappa shape index (κ3) is 2.49. The maximum Gasteiger partial charge on any atom is 0.200 e. The van der Waals surface area contributed by atoms with E-state index in [1.807, 2.05) is 23.7 Å². The Hall–Kier alpha value is -2.01. The van der Waals surface area contributed by atoms with E-state index in [9.17, 15) is 0 Å². The number of thioether (sulfide) groups is 1. The minimum Gasteiger partial charge on any atom is -0.461 e. The number of hydrogen-bond donors (Lipinski definition) is 0. The highest BCUT2D eigenvalue weighted by Gasteiger charge is 2.13. The van der Waals surface area contributed by atoms with Crippen LogP contribution in [0.2, 0.25) is 0 Å². The van der Waals surface area contributed by atoms with E-state index in [1.165, 1.54) is 11.1 Å². The van der Waals surface area contributed by atoms with Gasteiger partial charge in [0.05, 0.1) is 6.26 Å². The number of hydrogen-bond acceptors (Lipinski definition) is 4.